The summed E-state index contributed by atoms with van der Waals surface area (Å²) in [6.07, 6.45) is 1.58. The summed E-state index contributed by atoms with van der Waals surface area (Å²) in [6.45, 7) is 0. The maximum absolute atomic E-state index is 12.3. The largest absolute Gasteiger partial charge is 0.506 e. The van der Waals surface area contributed by atoms with Gasteiger partial charge in [0.05, 0.1) is 17.3 Å². The minimum absolute atomic E-state index is 0.0630. The average Bonchev–Trinajstić information content (AvgIpc) is 3.12. The first-order valence-corrected chi connectivity index (χ1v) is 9.30. The molecule has 1 aromatic heterocycles. The van der Waals surface area contributed by atoms with Crippen LogP contribution in [0.3, 0.4) is 0 Å². The highest BCUT2D eigenvalue weighted by atomic mass is 35.5. The van der Waals surface area contributed by atoms with Gasteiger partial charge in [0.15, 0.2) is 0 Å². The van der Waals surface area contributed by atoms with Crippen LogP contribution in [-0.4, -0.2) is 28.0 Å². The fourth-order valence-electron chi connectivity index (χ4n) is 2.57. The standard InChI is InChI=1S/C19H12ClN3O3S/c20-12-7-5-11(6-8-12)9-21-23-19-22-14(10-27-19)16-17(24)13-3-1-2-4-15(13)26-18(16)25/h1-9,24H,10H2/b21-9-,23-19-. The number of benzene rings is 2. The summed E-state index contributed by atoms with van der Waals surface area (Å²) in [4.78, 5) is 16.6. The quantitative estimate of drug-likeness (QED) is 0.410. The Bertz CT molecular complexity index is 1170. The molecule has 1 aliphatic heterocycles. The normalized spacial score (nSPS) is 15.7. The zero-order valence-corrected chi connectivity index (χ0v) is 15.4. The topological polar surface area (TPSA) is 87.5 Å². The van der Waals surface area contributed by atoms with Gasteiger partial charge < -0.3 is 9.52 Å². The molecule has 134 valence electrons. The summed E-state index contributed by atoms with van der Waals surface area (Å²) in [5, 5.41) is 20.1. The number of rotatable bonds is 3. The van der Waals surface area contributed by atoms with E-state index in [2.05, 4.69) is 15.2 Å². The summed E-state index contributed by atoms with van der Waals surface area (Å²) < 4.78 is 5.28. The van der Waals surface area contributed by atoms with Gasteiger partial charge in [-0.2, -0.15) is 5.10 Å². The van der Waals surface area contributed by atoms with Crippen molar-refractivity contribution in [2.24, 2.45) is 15.2 Å². The molecule has 1 aliphatic rings. The first kappa shape index (κ1) is 17.5. The number of thioether (sulfide) groups is 1. The van der Waals surface area contributed by atoms with Crippen LogP contribution in [0.4, 0.5) is 0 Å². The summed E-state index contributed by atoms with van der Waals surface area (Å²) >= 11 is 7.16. The van der Waals surface area contributed by atoms with E-state index in [1.807, 2.05) is 12.1 Å². The second-order valence-electron chi connectivity index (χ2n) is 5.64. The minimum atomic E-state index is -0.628. The lowest BCUT2D eigenvalue weighted by Crippen LogP contribution is -2.15. The third-order valence-corrected chi connectivity index (χ3v) is 4.96. The van der Waals surface area contributed by atoms with E-state index in [1.165, 1.54) is 11.8 Å². The molecule has 0 spiro atoms. The van der Waals surface area contributed by atoms with Crippen LogP contribution < -0.4 is 5.63 Å². The number of amidine groups is 1. The second kappa shape index (κ2) is 7.38. The highest BCUT2D eigenvalue weighted by Gasteiger charge is 2.24. The first-order valence-electron chi connectivity index (χ1n) is 7.94. The van der Waals surface area contributed by atoms with Crippen molar-refractivity contribution in [2.45, 2.75) is 0 Å². The minimum Gasteiger partial charge on any atom is -0.506 e. The summed E-state index contributed by atoms with van der Waals surface area (Å²) in [6, 6.07) is 14.0. The number of fused-ring (bicyclic) bond motifs is 1. The van der Waals surface area contributed by atoms with Gasteiger partial charge in [0.25, 0.3) is 0 Å². The lowest BCUT2D eigenvalue weighted by atomic mass is 10.1. The van der Waals surface area contributed by atoms with Gasteiger partial charge in [-0.1, -0.05) is 47.6 Å². The van der Waals surface area contributed by atoms with Crippen molar-refractivity contribution in [2.75, 3.05) is 5.75 Å². The van der Waals surface area contributed by atoms with Crippen LogP contribution in [0, 0.1) is 0 Å². The van der Waals surface area contributed by atoms with Crippen molar-refractivity contribution in [3.05, 3.63) is 75.1 Å². The molecule has 0 radical (unpaired) electrons. The smallest absolute Gasteiger partial charge is 0.349 e. The van der Waals surface area contributed by atoms with Gasteiger partial charge in [-0.05, 0) is 29.8 Å². The van der Waals surface area contributed by atoms with E-state index in [0.29, 0.717) is 32.6 Å². The van der Waals surface area contributed by atoms with Crippen molar-refractivity contribution in [1.29, 1.82) is 0 Å². The highest BCUT2D eigenvalue weighted by Crippen LogP contribution is 2.29. The molecule has 0 saturated heterocycles. The van der Waals surface area contributed by atoms with Crippen LogP contribution in [0.2, 0.25) is 5.02 Å². The molecule has 27 heavy (non-hydrogen) atoms. The molecule has 6 nitrogen and oxygen atoms in total. The van der Waals surface area contributed by atoms with E-state index in [-0.39, 0.29) is 11.3 Å². The zero-order valence-electron chi connectivity index (χ0n) is 13.8. The van der Waals surface area contributed by atoms with Crippen LogP contribution >= 0.6 is 23.4 Å². The van der Waals surface area contributed by atoms with Crippen LogP contribution in [0.5, 0.6) is 5.75 Å². The molecule has 4 rings (SSSR count). The van der Waals surface area contributed by atoms with E-state index >= 15 is 0 Å². The SMILES string of the molecule is O=c1oc2ccccc2c(O)c1C1=N/C(=N/N=C\c2ccc(Cl)cc2)SC1. The van der Waals surface area contributed by atoms with E-state index in [1.54, 1.807) is 42.6 Å². The van der Waals surface area contributed by atoms with Gasteiger partial charge >= 0.3 is 5.63 Å². The van der Waals surface area contributed by atoms with Gasteiger partial charge in [-0.25, -0.2) is 9.79 Å². The number of aliphatic imine (C=N–C) groups is 1. The third kappa shape index (κ3) is 3.65. The van der Waals surface area contributed by atoms with Crippen molar-refractivity contribution < 1.29 is 9.52 Å². The van der Waals surface area contributed by atoms with Gasteiger partial charge in [0.1, 0.15) is 16.9 Å². The van der Waals surface area contributed by atoms with Crippen molar-refractivity contribution >= 4 is 51.4 Å². The number of aromatic hydroxyl groups is 1. The number of halogens is 1. The van der Waals surface area contributed by atoms with Gasteiger partial charge in [0.2, 0.25) is 5.17 Å². The highest BCUT2D eigenvalue weighted by molar-refractivity contribution is 8.15. The average molecular weight is 398 g/mol. The predicted octanol–water partition coefficient (Wildman–Crippen LogP) is 4.08. The van der Waals surface area contributed by atoms with Crippen LogP contribution in [-0.2, 0) is 0 Å². The molecule has 0 aliphatic carbocycles. The maximum Gasteiger partial charge on any atom is 0.349 e. The Balaban J connectivity index is 1.63. The lowest BCUT2D eigenvalue weighted by molar-refractivity contribution is 0.466. The molecule has 0 bridgehead atoms. The van der Waals surface area contributed by atoms with Crippen LogP contribution in [0.15, 0.2) is 72.9 Å². The number of nitrogens with zero attached hydrogens (tertiary/aromatic N) is 3. The molecule has 0 fully saturated rings. The van der Waals surface area contributed by atoms with E-state index in [9.17, 15) is 9.90 Å². The fourth-order valence-corrected chi connectivity index (χ4v) is 3.45. The molecule has 3 aromatic rings. The molecule has 1 N–H and O–H groups in total. The fraction of sp³-hybridized carbons (Fsp3) is 0.0526. The van der Waals surface area contributed by atoms with E-state index < -0.39 is 5.63 Å². The van der Waals surface area contributed by atoms with Crippen LogP contribution in [0.25, 0.3) is 11.0 Å². The molecule has 2 aromatic carbocycles. The Labute approximate surface area is 162 Å². The summed E-state index contributed by atoms with van der Waals surface area (Å²) in [7, 11) is 0. The van der Waals surface area contributed by atoms with Crippen LogP contribution in [0.1, 0.15) is 11.1 Å². The number of hydrogen-bond acceptors (Lipinski definition) is 6. The van der Waals surface area contributed by atoms with Crippen molar-refractivity contribution in [3.8, 4) is 5.75 Å². The summed E-state index contributed by atoms with van der Waals surface area (Å²) in [5.74, 6) is 0.262. The lowest BCUT2D eigenvalue weighted by Gasteiger charge is -2.04. The molecule has 0 amide bonds. The Kier molecular flexibility index (Phi) is 4.79. The molecule has 2 heterocycles. The zero-order chi connectivity index (χ0) is 18.8. The Morgan fingerprint density at radius 1 is 1.19 bits per heavy atom. The van der Waals surface area contributed by atoms with Gasteiger partial charge in [0, 0.05) is 10.8 Å². The number of hydrogen-bond donors (Lipinski definition) is 1. The summed E-state index contributed by atoms with van der Waals surface area (Å²) in [5.41, 5.74) is 1.03. The van der Waals surface area contributed by atoms with Gasteiger partial charge in [-0.15, -0.1) is 5.10 Å². The number of para-hydroxylation sites is 1. The third-order valence-electron chi connectivity index (χ3n) is 3.86. The van der Waals surface area contributed by atoms with E-state index in [0.717, 1.165) is 5.56 Å². The molecular weight excluding hydrogens is 386 g/mol. The van der Waals surface area contributed by atoms with Crippen molar-refractivity contribution in [3.63, 3.8) is 0 Å². The van der Waals surface area contributed by atoms with E-state index in [4.69, 9.17) is 16.0 Å². The maximum atomic E-state index is 12.3. The molecule has 0 unspecified atom stereocenters. The van der Waals surface area contributed by atoms with Crippen molar-refractivity contribution in [1.82, 2.24) is 0 Å². The monoisotopic (exact) mass is 397 g/mol. The Morgan fingerprint density at radius 3 is 2.78 bits per heavy atom. The molecule has 0 saturated carbocycles. The first-order chi connectivity index (χ1) is 13.1. The molecular formula is C19H12ClN3O3S. The second-order valence-corrected chi connectivity index (χ2v) is 7.01. The Morgan fingerprint density at radius 2 is 1.96 bits per heavy atom. The predicted molar refractivity (Wildman–Crippen MR) is 110 cm³/mol. The molecule has 0 atom stereocenters. The van der Waals surface area contributed by atoms with Gasteiger partial charge in [-0.3, -0.25) is 0 Å². The molecule has 8 heteroatoms. The Hall–Kier alpha value is -2.90.